The number of sulfonamides is 1. The number of hydrogen-bond donors (Lipinski definition) is 2. The van der Waals surface area contributed by atoms with Gasteiger partial charge in [-0.3, -0.25) is 4.79 Å². The van der Waals surface area contributed by atoms with E-state index in [1.165, 1.54) is 11.8 Å². The molecular weight excluding hydrogens is 290 g/mol. The fourth-order valence-corrected chi connectivity index (χ4v) is 3.45. The Labute approximate surface area is 121 Å². The predicted molar refractivity (Wildman–Crippen MR) is 77.7 cm³/mol. The van der Waals surface area contributed by atoms with Crippen molar-refractivity contribution in [2.45, 2.75) is 49.9 Å². The van der Waals surface area contributed by atoms with E-state index < -0.39 is 21.2 Å². The summed E-state index contributed by atoms with van der Waals surface area (Å²) >= 11 is 0. The van der Waals surface area contributed by atoms with Crippen molar-refractivity contribution in [3.63, 3.8) is 0 Å². The summed E-state index contributed by atoms with van der Waals surface area (Å²) in [5.41, 5.74) is 5.77. The summed E-state index contributed by atoms with van der Waals surface area (Å²) in [4.78, 5) is 13.0. The van der Waals surface area contributed by atoms with Gasteiger partial charge in [-0.2, -0.15) is 0 Å². The van der Waals surface area contributed by atoms with Crippen molar-refractivity contribution < 1.29 is 13.2 Å². The first-order valence-electron chi connectivity index (χ1n) is 6.22. The highest BCUT2D eigenvalue weighted by atomic mass is 35.5. The summed E-state index contributed by atoms with van der Waals surface area (Å²) in [7, 11) is -0.504. The van der Waals surface area contributed by atoms with Crippen molar-refractivity contribution in [2.24, 2.45) is 5.73 Å². The van der Waals surface area contributed by atoms with Crippen LogP contribution in [0.1, 0.15) is 32.6 Å². The third-order valence-electron chi connectivity index (χ3n) is 3.36. The minimum Gasteiger partial charge on any atom is -0.348 e. The van der Waals surface area contributed by atoms with Crippen LogP contribution in [-0.2, 0) is 14.8 Å². The molecule has 0 spiro atoms. The number of amides is 1. The van der Waals surface area contributed by atoms with Gasteiger partial charge in [-0.25, -0.2) is 13.1 Å². The largest absolute Gasteiger partial charge is 0.348 e. The zero-order chi connectivity index (χ0) is 13.9. The summed E-state index contributed by atoms with van der Waals surface area (Å²) in [5, 5.41) is -1.05. The second-order valence-electron chi connectivity index (χ2n) is 5.15. The average Bonchev–Trinajstić information content (AvgIpc) is 2.29. The van der Waals surface area contributed by atoms with Gasteiger partial charge in [0, 0.05) is 26.2 Å². The van der Waals surface area contributed by atoms with E-state index in [1.807, 2.05) is 0 Å². The summed E-state index contributed by atoms with van der Waals surface area (Å²) in [6.45, 7) is 1.42. The van der Waals surface area contributed by atoms with E-state index in [2.05, 4.69) is 4.72 Å². The Kier molecular flexibility index (Phi) is 7.28. The molecule has 1 fully saturated rings. The van der Waals surface area contributed by atoms with Crippen LogP contribution in [-0.4, -0.2) is 50.7 Å². The molecule has 0 saturated heterocycles. The number of halogens is 1. The molecule has 0 heterocycles. The van der Waals surface area contributed by atoms with Gasteiger partial charge in [-0.1, -0.05) is 0 Å². The molecule has 0 aliphatic heterocycles. The number of nitrogens with two attached hydrogens (primary N) is 1. The maximum Gasteiger partial charge on any atom is 0.241 e. The lowest BCUT2D eigenvalue weighted by molar-refractivity contribution is -0.127. The van der Waals surface area contributed by atoms with E-state index in [4.69, 9.17) is 5.73 Å². The molecule has 8 heteroatoms. The monoisotopic (exact) mass is 313 g/mol. The number of carbonyl (C=O) groups excluding carboxylic acids is 1. The molecule has 1 atom stereocenters. The molecule has 19 heavy (non-hydrogen) atoms. The molecule has 0 bridgehead atoms. The first kappa shape index (κ1) is 18.6. The minimum atomic E-state index is -3.60. The number of nitrogens with one attached hydrogen (secondary N) is 1. The first-order valence-corrected chi connectivity index (χ1v) is 7.76. The van der Waals surface area contributed by atoms with E-state index in [1.54, 1.807) is 14.1 Å². The molecule has 114 valence electrons. The topological polar surface area (TPSA) is 92.5 Å². The Balaban J connectivity index is 0.00000324. The molecule has 1 unspecified atom stereocenters. The van der Waals surface area contributed by atoms with Crippen molar-refractivity contribution in [1.82, 2.24) is 9.62 Å². The van der Waals surface area contributed by atoms with Crippen LogP contribution in [0.5, 0.6) is 0 Å². The number of rotatable bonds is 4. The fraction of sp³-hybridized carbons (Fsp3) is 0.909. The number of carbonyl (C=O) groups is 1. The van der Waals surface area contributed by atoms with Crippen LogP contribution in [0.2, 0.25) is 0 Å². The van der Waals surface area contributed by atoms with Crippen molar-refractivity contribution in [3.8, 4) is 0 Å². The van der Waals surface area contributed by atoms with E-state index in [9.17, 15) is 13.2 Å². The van der Waals surface area contributed by atoms with Gasteiger partial charge < -0.3 is 10.6 Å². The van der Waals surface area contributed by atoms with Crippen LogP contribution < -0.4 is 10.5 Å². The fourth-order valence-electron chi connectivity index (χ4n) is 2.07. The highest BCUT2D eigenvalue weighted by Crippen LogP contribution is 2.18. The van der Waals surface area contributed by atoms with Crippen molar-refractivity contribution in [3.05, 3.63) is 0 Å². The van der Waals surface area contributed by atoms with Crippen molar-refractivity contribution in [1.29, 1.82) is 0 Å². The molecule has 0 aromatic rings. The van der Waals surface area contributed by atoms with E-state index in [0.29, 0.717) is 0 Å². The van der Waals surface area contributed by atoms with Gasteiger partial charge in [0.1, 0.15) is 0 Å². The zero-order valence-corrected chi connectivity index (χ0v) is 13.3. The van der Waals surface area contributed by atoms with Gasteiger partial charge in [-0.15, -0.1) is 12.4 Å². The lowest BCUT2D eigenvalue weighted by atomic mass is 9.93. The molecule has 6 nitrogen and oxygen atoms in total. The second-order valence-corrected chi connectivity index (χ2v) is 7.18. The molecule has 0 radical (unpaired) electrons. The highest BCUT2D eigenvalue weighted by molar-refractivity contribution is 7.90. The van der Waals surface area contributed by atoms with Crippen LogP contribution in [0.3, 0.4) is 0 Å². The van der Waals surface area contributed by atoms with Gasteiger partial charge in [0.2, 0.25) is 15.9 Å². The highest BCUT2D eigenvalue weighted by Gasteiger charge is 2.32. The molecule has 1 amide bonds. The summed E-state index contributed by atoms with van der Waals surface area (Å²) in [6, 6.07) is 0.0822. The standard InChI is InChI=1S/C11H23N3O3S.ClH/c1-8(11(15)14(2)3)18(16,17)13-10-6-4-9(12)5-7-10;/h8-10,13H,4-7,12H2,1-3H3;1H. The third kappa shape index (κ3) is 5.25. The Morgan fingerprint density at radius 2 is 1.74 bits per heavy atom. The Morgan fingerprint density at radius 3 is 2.16 bits per heavy atom. The maximum atomic E-state index is 12.0. The van der Waals surface area contributed by atoms with Crippen LogP contribution >= 0.6 is 12.4 Å². The SMILES string of the molecule is CC(C(=O)N(C)C)S(=O)(=O)NC1CCC(N)CC1.Cl. The van der Waals surface area contributed by atoms with Crippen molar-refractivity contribution >= 4 is 28.3 Å². The smallest absolute Gasteiger partial charge is 0.241 e. The van der Waals surface area contributed by atoms with Crippen LogP contribution in [0.15, 0.2) is 0 Å². The Morgan fingerprint density at radius 1 is 1.26 bits per heavy atom. The lowest BCUT2D eigenvalue weighted by Gasteiger charge is -2.28. The lowest BCUT2D eigenvalue weighted by Crippen LogP contribution is -2.48. The maximum absolute atomic E-state index is 12.0. The van der Waals surface area contributed by atoms with Crippen LogP contribution in [0.25, 0.3) is 0 Å². The normalized spacial score (nSPS) is 25.3. The Bertz CT molecular complexity index is 392. The van der Waals surface area contributed by atoms with E-state index >= 15 is 0 Å². The molecule has 1 saturated carbocycles. The van der Waals surface area contributed by atoms with E-state index in [0.717, 1.165) is 25.7 Å². The summed E-state index contributed by atoms with van der Waals surface area (Å²) < 4.78 is 26.7. The van der Waals surface area contributed by atoms with E-state index in [-0.39, 0.29) is 24.5 Å². The van der Waals surface area contributed by atoms with Crippen LogP contribution in [0, 0.1) is 0 Å². The first-order chi connectivity index (χ1) is 8.24. The molecular formula is C11H24ClN3O3S. The summed E-state index contributed by atoms with van der Waals surface area (Å²) in [6.07, 6.45) is 3.12. The molecule has 0 aromatic heterocycles. The molecule has 1 aliphatic carbocycles. The van der Waals surface area contributed by atoms with Gasteiger partial charge in [-0.05, 0) is 32.6 Å². The summed E-state index contributed by atoms with van der Waals surface area (Å²) in [5.74, 6) is -0.407. The second kappa shape index (κ2) is 7.42. The quantitative estimate of drug-likeness (QED) is 0.768. The molecule has 1 aliphatic rings. The third-order valence-corrected chi connectivity index (χ3v) is 5.15. The number of nitrogens with zero attached hydrogens (tertiary/aromatic N) is 1. The van der Waals surface area contributed by atoms with Crippen LogP contribution in [0.4, 0.5) is 0 Å². The molecule has 3 N–H and O–H groups in total. The van der Waals surface area contributed by atoms with Gasteiger partial charge in [0.05, 0.1) is 0 Å². The van der Waals surface area contributed by atoms with Gasteiger partial charge >= 0.3 is 0 Å². The Hall–Kier alpha value is -0.370. The van der Waals surface area contributed by atoms with Crippen molar-refractivity contribution in [2.75, 3.05) is 14.1 Å². The van der Waals surface area contributed by atoms with Gasteiger partial charge in [0.25, 0.3) is 0 Å². The molecule has 0 aromatic carbocycles. The average molecular weight is 314 g/mol. The molecule has 1 rings (SSSR count). The minimum absolute atomic E-state index is 0. The predicted octanol–water partition coefficient (Wildman–Crippen LogP) is 0.0742. The number of hydrogen-bond acceptors (Lipinski definition) is 4. The zero-order valence-electron chi connectivity index (χ0n) is 11.6. The van der Waals surface area contributed by atoms with Gasteiger partial charge in [0.15, 0.2) is 5.25 Å².